The van der Waals surface area contributed by atoms with Crippen molar-refractivity contribution in [3.8, 4) is 5.75 Å². The Balaban J connectivity index is 1.80. The van der Waals surface area contributed by atoms with Crippen LogP contribution in [-0.4, -0.2) is 36.7 Å². The summed E-state index contributed by atoms with van der Waals surface area (Å²) in [5.74, 6) is 0.674. The van der Waals surface area contributed by atoms with Crippen molar-refractivity contribution in [3.63, 3.8) is 0 Å². The highest BCUT2D eigenvalue weighted by molar-refractivity contribution is 6.35. The molecular weight excluding hydrogens is 367 g/mol. The van der Waals surface area contributed by atoms with Gasteiger partial charge in [-0.1, -0.05) is 53.5 Å². The molecule has 140 valence electrons. The molecule has 0 amide bonds. The molecule has 1 N–H and O–H groups in total. The maximum absolute atomic E-state index is 6.31. The van der Waals surface area contributed by atoms with Gasteiger partial charge in [0, 0.05) is 43.7 Å². The van der Waals surface area contributed by atoms with Gasteiger partial charge in [0.05, 0.1) is 5.02 Å². The average Bonchev–Trinajstić information content (AvgIpc) is 2.64. The van der Waals surface area contributed by atoms with Crippen molar-refractivity contribution in [3.05, 3.63) is 64.1 Å². The van der Waals surface area contributed by atoms with E-state index in [0.717, 1.165) is 32.6 Å². The Labute approximate surface area is 166 Å². The molecule has 0 saturated carbocycles. The van der Waals surface area contributed by atoms with Gasteiger partial charge >= 0.3 is 0 Å². The van der Waals surface area contributed by atoms with E-state index in [1.54, 1.807) is 6.07 Å². The Morgan fingerprint density at radius 3 is 2.42 bits per heavy atom. The predicted molar refractivity (Wildman–Crippen MR) is 109 cm³/mol. The zero-order valence-electron chi connectivity index (χ0n) is 15.3. The summed E-state index contributed by atoms with van der Waals surface area (Å²) >= 11 is 12.3. The summed E-state index contributed by atoms with van der Waals surface area (Å²) < 4.78 is 6.30. The van der Waals surface area contributed by atoms with Gasteiger partial charge in [-0.25, -0.2) is 0 Å². The number of nitrogens with zero attached hydrogens (tertiary/aromatic N) is 1. The fourth-order valence-corrected chi connectivity index (χ4v) is 3.94. The third-order valence-electron chi connectivity index (χ3n) is 4.74. The smallest absolute Gasteiger partial charge is 0.138 e. The van der Waals surface area contributed by atoms with Crippen LogP contribution in [0.5, 0.6) is 5.75 Å². The average molecular weight is 393 g/mol. The van der Waals surface area contributed by atoms with Crippen molar-refractivity contribution in [1.82, 2.24) is 10.2 Å². The maximum Gasteiger partial charge on any atom is 0.138 e. The molecule has 3 rings (SSSR count). The van der Waals surface area contributed by atoms with Gasteiger partial charge in [0.1, 0.15) is 11.4 Å². The van der Waals surface area contributed by atoms with E-state index >= 15 is 0 Å². The van der Waals surface area contributed by atoms with Crippen molar-refractivity contribution >= 4 is 23.2 Å². The Kier molecular flexibility index (Phi) is 6.46. The lowest BCUT2D eigenvalue weighted by Gasteiger charge is -2.39. The first-order chi connectivity index (χ1) is 12.4. The number of ether oxygens (including phenoxy) is 1. The van der Waals surface area contributed by atoms with E-state index in [2.05, 4.69) is 54.4 Å². The fourth-order valence-electron chi connectivity index (χ4n) is 3.49. The number of piperazine rings is 1. The minimum atomic E-state index is -0.372. The van der Waals surface area contributed by atoms with Crippen molar-refractivity contribution in [2.75, 3.05) is 26.2 Å². The first-order valence-electron chi connectivity index (χ1n) is 9.08. The Bertz CT molecular complexity index is 715. The summed E-state index contributed by atoms with van der Waals surface area (Å²) in [7, 11) is 0. The van der Waals surface area contributed by atoms with Crippen molar-refractivity contribution in [2.45, 2.75) is 31.9 Å². The van der Waals surface area contributed by atoms with Crippen LogP contribution in [0.4, 0.5) is 0 Å². The van der Waals surface area contributed by atoms with Gasteiger partial charge in [-0.15, -0.1) is 0 Å². The van der Waals surface area contributed by atoms with Crippen LogP contribution in [-0.2, 0) is 0 Å². The summed E-state index contributed by atoms with van der Waals surface area (Å²) in [6.07, 6.45) is 0.871. The van der Waals surface area contributed by atoms with Crippen LogP contribution in [0, 0.1) is 0 Å². The molecule has 1 fully saturated rings. The van der Waals surface area contributed by atoms with Crippen LogP contribution in [0.15, 0.2) is 48.5 Å². The lowest BCUT2D eigenvalue weighted by atomic mass is 9.92. The summed E-state index contributed by atoms with van der Waals surface area (Å²) in [6, 6.07) is 16.4. The second-order valence-corrected chi connectivity index (χ2v) is 8.20. The molecule has 2 aromatic carbocycles. The summed E-state index contributed by atoms with van der Waals surface area (Å²) in [5, 5.41) is 4.59. The van der Waals surface area contributed by atoms with E-state index in [4.69, 9.17) is 27.9 Å². The quantitative estimate of drug-likeness (QED) is 0.731. The van der Waals surface area contributed by atoms with Gasteiger partial charge in [-0.05, 0) is 37.6 Å². The summed E-state index contributed by atoms with van der Waals surface area (Å²) in [6.45, 7) is 8.36. The second-order valence-electron chi connectivity index (χ2n) is 7.35. The number of hydrogen-bond donors (Lipinski definition) is 1. The van der Waals surface area contributed by atoms with Crippen molar-refractivity contribution < 1.29 is 4.74 Å². The highest BCUT2D eigenvalue weighted by Gasteiger charge is 2.31. The topological polar surface area (TPSA) is 24.5 Å². The van der Waals surface area contributed by atoms with Crippen LogP contribution < -0.4 is 10.1 Å². The third kappa shape index (κ3) is 5.14. The molecule has 0 aliphatic carbocycles. The van der Waals surface area contributed by atoms with Crippen LogP contribution in [0.1, 0.15) is 31.9 Å². The molecule has 1 saturated heterocycles. The zero-order valence-corrected chi connectivity index (χ0v) is 16.9. The molecule has 1 heterocycles. The third-order valence-corrected chi connectivity index (χ3v) is 5.27. The van der Waals surface area contributed by atoms with E-state index in [-0.39, 0.29) is 5.60 Å². The fraction of sp³-hybridized carbons (Fsp3) is 0.429. The Hall–Kier alpha value is -1.26. The van der Waals surface area contributed by atoms with Gasteiger partial charge in [0.2, 0.25) is 0 Å². The SMILES string of the molecule is CC(C)(CC(c1ccccc1)N1CCNCC1)Oc1ccc(Cl)cc1Cl. The normalized spacial score (nSPS) is 17.1. The highest BCUT2D eigenvalue weighted by atomic mass is 35.5. The Morgan fingerprint density at radius 1 is 1.08 bits per heavy atom. The van der Waals surface area contributed by atoms with Gasteiger partial charge in [0.15, 0.2) is 0 Å². The standard InChI is InChI=1S/C21H26Cl2N2O/c1-21(2,26-20-9-8-17(22)14-18(20)23)15-19(16-6-4-3-5-7-16)25-12-10-24-11-13-25/h3-9,14,19,24H,10-13,15H2,1-2H3. The lowest BCUT2D eigenvalue weighted by molar-refractivity contribution is 0.0500. The van der Waals surface area contributed by atoms with E-state index in [0.29, 0.717) is 21.8 Å². The van der Waals surface area contributed by atoms with Crippen molar-refractivity contribution in [2.24, 2.45) is 0 Å². The van der Waals surface area contributed by atoms with Gasteiger partial charge < -0.3 is 10.1 Å². The molecule has 1 aliphatic heterocycles. The Morgan fingerprint density at radius 2 is 1.77 bits per heavy atom. The zero-order chi connectivity index (χ0) is 18.6. The van der Waals surface area contributed by atoms with E-state index in [1.807, 2.05) is 12.1 Å². The molecule has 5 heteroatoms. The van der Waals surface area contributed by atoms with E-state index in [9.17, 15) is 0 Å². The van der Waals surface area contributed by atoms with Crippen LogP contribution >= 0.6 is 23.2 Å². The van der Waals surface area contributed by atoms with Gasteiger partial charge in [-0.3, -0.25) is 4.90 Å². The first kappa shape index (κ1) is 19.5. The molecule has 0 radical (unpaired) electrons. The molecule has 2 aromatic rings. The maximum atomic E-state index is 6.31. The van der Waals surface area contributed by atoms with Crippen LogP contribution in [0.25, 0.3) is 0 Å². The van der Waals surface area contributed by atoms with Crippen LogP contribution in [0.2, 0.25) is 10.0 Å². The monoisotopic (exact) mass is 392 g/mol. The molecule has 3 nitrogen and oxygen atoms in total. The largest absolute Gasteiger partial charge is 0.486 e. The molecule has 0 bridgehead atoms. The molecule has 1 atom stereocenters. The molecule has 1 aliphatic rings. The van der Waals surface area contributed by atoms with Crippen LogP contribution in [0.3, 0.4) is 0 Å². The number of benzene rings is 2. The molecule has 0 spiro atoms. The van der Waals surface area contributed by atoms with E-state index < -0.39 is 0 Å². The van der Waals surface area contributed by atoms with Gasteiger partial charge in [-0.2, -0.15) is 0 Å². The number of halogens is 2. The molecule has 1 unspecified atom stereocenters. The predicted octanol–water partition coefficient (Wildman–Crippen LogP) is 5.19. The number of nitrogens with one attached hydrogen (secondary N) is 1. The number of rotatable bonds is 6. The molecule has 0 aromatic heterocycles. The molecule has 26 heavy (non-hydrogen) atoms. The summed E-state index contributed by atoms with van der Waals surface area (Å²) in [4.78, 5) is 2.54. The minimum absolute atomic E-state index is 0.305. The second kappa shape index (κ2) is 8.62. The number of hydrogen-bond acceptors (Lipinski definition) is 3. The molecular formula is C21H26Cl2N2O. The lowest BCUT2D eigenvalue weighted by Crippen LogP contribution is -2.47. The van der Waals surface area contributed by atoms with E-state index in [1.165, 1.54) is 5.56 Å². The summed E-state index contributed by atoms with van der Waals surface area (Å²) in [5.41, 5.74) is 0.955. The first-order valence-corrected chi connectivity index (χ1v) is 9.84. The van der Waals surface area contributed by atoms with Crippen molar-refractivity contribution in [1.29, 1.82) is 0 Å². The van der Waals surface area contributed by atoms with Gasteiger partial charge in [0.25, 0.3) is 0 Å². The minimum Gasteiger partial charge on any atom is -0.486 e. The highest BCUT2D eigenvalue weighted by Crippen LogP contribution is 2.35.